The molecule has 1 saturated heterocycles. The molecule has 0 amide bonds. The molecule has 3 aromatic rings. The minimum atomic E-state index is -5.29. The number of carbonyl (C=O) groups excluding carboxylic acids is 1. The second-order valence-corrected chi connectivity index (χ2v) is 8.58. The monoisotopic (exact) mass is 504 g/mol. The van der Waals surface area contributed by atoms with Gasteiger partial charge in [-0.15, -0.1) is 5.06 Å². The van der Waals surface area contributed by atoms with Crippen LogP contribution in [0.4, 0.5) is 30.4 Å². The number of nitrogens with one attached hydrogen (secondary N) is 1. The predicted octanol–water partition coefficient (Wildman–Crippen LogP) is 1.40. The van der Waals surface area contributed by atoms with E-state index in [1.807, 2.05) is 30.3 Å². The average molecular weight is 504 g/mol. The summed E-state index contributed by atoms with van der Waals surface area (Å²) in [6.07, 6.45) is -6.44. The van der Waals surface area contributed by atoms with Crippen LogP contribution in [0, 0.1) is 0 Å². The molecule has 13 heteroatoms. The molecule has 1 N–H and O–H groups in total. The van der Waals surface area contributed by atoms with Gasteiger partial charge in [-0.2, -0.15) is 13.2 Å². The number of alkyl halides is 3. The van der Waals surface area contributed by atoms with Crippen molar-refractivity contribution in [3.63, 3.8) is 0 Å². The Balaban J connectivity index is 1.82. The number of halogens is 3. The van der Waals surface area contributed by atoms with Crippen LogP contribution in [0.2, 0.25) is 0 Å². The quantitative estimate of drug-likeness (QED) is 0.573. The summed E-state index contributed by atoms with van der Waals surface area (Å²) in [6.45, 7) is 1.81. The van der Waals surface area contributed by atoms with Gasteiger partial charge in [0.05, 0.1) is 5.69 Å². The lowest BCUT2D eigenvalue weighted by molar-refractivity contribution is -0.203. The molecular weight excluding hydrogens is 481 g/mol. The van der Waals surface area contributed by atoms with E-state index in [1.165, 1.54) is 14.1 Å². The SMILES string of the molecule is Cn1c2c(c(=O)n(C)c1=O)N(c1cccc3ccccc13)C(N1CCNCC1)N2OC(=O)C(F)(F)F. The summed E-state index contributed by atoms with van der Waals surface area (Å²) in [5.74, 6) is -2.70. The van der Waals surface area contributed by atoms with Crippen LogP contribution in [0.15, 0.2) is 52.1 Å². The topological polar surface area (TPSA) is 92.1 Å². The highest BCUT2D eigenvalue weighted by molar-refractivity contribution is 5.98. The van der Waals surface area contributed by atoms with Crippen molar-refractivity contribution in [3.05, 3.63) is 63.3 Å². The molecule has 190 valence electrons. The lowest BCUT2D eigenvalue weighted by atomic mass is 10.1. The second kappa shape index (κ2) is 8.68. The molecule has 2 aromatic carbocycles. The first-order chi connectivity index (χ1) is 17.1. The van der Waals surface area contributed by atoms with Crippen molar-refractivity contribution in [2.24, 2.45) is 14.1 Å². The number of hydrogen-bond donors (Lipinski definition) is 1. The second-order valence-electron chi connectivity index (χ2n) is 8.58. The van der Waals surface area contributed by atoms with Gasteiger partial charge >= 0.3 is 17.8 Å². The van der Waals surface area contributed by atoms with Crippen molar-refractivity contribution in [1.82, 2.24) is 19.4 Å². The number of hydroxylamine groups is 1. The summed E-state index contributed by atoms with van der Waals surface area (Å²) >= 11 is 0. The molecule has 36 heavy (non-hydrogen) atoms. The molecule has 10 nitrogen and oxygen atoms in total. The van der Waals surface area contributed by atoms with Gasteiger partial charge in [-0.3, -0.25) is 23.7 Å². The summed E-state index contributed by atoms with van der Waals surface area (Å²) < 4.78 is 41.9. The van der Waals surface area contributed by atoms with Crippen LogP contribution in [-0.2, 0) is 23.7 Å². The van der Waals surface area contributed by atoms with Crippen LogP contribution < -0.4 is 26.5 Å². The summed E-state index contributed by atoms with van der Waals surface area (Å²) in [5, 5.41) is 5.48. The zero-order valence-electron chi connectivity index (χ0n) is 19.5. The summed E-state index contributed by atoms with van der Waals surface area (Å²) in [7, 11) is 2.60. The van der Waals surface area contributed by atoms with Gasteiger partial charge in [0.15, 0.2) is 11.5 Å². The number of rotatable bonds is 3. The Morgan fingerprint density at radius 3 is 2.36 bits per heavy atom. The highest BCUT2D eigenvalue weighted by atomic mass is 19.4. The van der Waals surface area contributed by atoms with E-state index in [1.54, 1.807) is 21.9 Å². The maximum Gasteiger partial charge on any atom is 0.493 e. The fourth-order valence-electron chi connectivity index (χ4n) is 4.73. The minimum Gasteiger partial charge on any atom is -0.327 e. The fourth-order valence-corrected chi connectivity index (χ4v) is 4.73. The number of nitrogens with zero attached hydrogens (tertiary/aromatic N) is 5. The number of carbonyl (C=O) groups is 1. The Morgan fingerprint density at radius 1 is 1.00 bits per heavy atom. The summed E-state index contributed by atoms with van der Waals surface area (Å²) in [4.78, 5) is 46.6. The molecule has 5 rings (SSSR count). The normalized spacial score (nSPS) is 18.5. The van der Waals surface area contributed by atoms with Gasteiger partial charge < -0.3 is 10.2 Å². The van der Waals surface area contributed by atoms with Gasteiger partial charge in [0.2, 0.25) is 6.29 Å². The lowest BCUT2D eigenvalue weighted by Gasteiger charge is -2.41. The third kappa shape index (κ3) is 3.71. The van der Waals surface area contributed by atoms with Crippen molar-refractivity contribution < 1.29 is 22.8 Å². The number of fused-ring (bicyclic) bond motifs is 2. The highest BCUT2D eigenvalue weighted by Crippen LogP contribution is 2.45. The number of piperazine rings is 1. The Labute approximate surface area is 202 Å². The van der Waals surface area contributed by atoms with E-state index in [0.717, 1.165) is 25.0 Å². The lowest BCUT2D eigenvalue weighted by Crippen LogP contribution is -2.60. The third-order valence-corrected chi connectivity index (χ3v) is 6.42. The van der Waals surface area contributed by atoms with Crippen molar-refractivity contribution in [2.45, 2.75) is 12.5 Å². The summed E-state index contributed by atoms with van der Waals surface area (Å²) in [5.41, 5.74) is -1.06. The maximum atomic E-state index is 13.5. The van der Waals surface area contributed by atoms with Crippen LogP contribution in [0.1, 0.15) is 0 Å². The van der Waals surface area contributed by atoms with E-state index in [4.69, 9.17) is 4.84 Å². The van der Waals surface area contributed by atoms with Crippen molar-refractivity contribution in [2.75, 3.05) is 36.1 Å². The Hall–Kier alpha value is -3.84. The molecule has 1 unspecified atom stereocenters. The first kappa shape index (κ1) is 23.9. The third-order valence-electron chi connectivity index (χ3n) is 6.42. The van der Waals surface area contributed by atoms with Crippen LogP contribution in [-0.4, -0.2) is 58.6 Å². The Bertz CT molecular complexity index is 1460. The maximum absolute atomic E-state index is 13.5. The number of benzene rings is 2. The first-order valence-electron chi connectivity index (χ1n) is 11.2. The zero-order valence-corrected chi connectivity index (χ0v) is 19.5. The van der Waals surface area contributed by atoms with Gasteiger partial charge in [0, 0.05) is 45.7 Å². The number of hydrogen-bond acceptors (Lipinski definition) is 8. The predicted molar refractivity (Wildman–Crippen MR) is 126 cm³/mol. The van der Waals surface area contributed by atoms with E-state index in [9.17, 15) is 27.6 Å². The van der Waals surface area contributed by atoms with E-state index >= 15 is 0 Å². The number of anilines is 3. The van der Waals surface area contributed by atoms with Crippen molar-refractivity contribution in [1.29, 1.82) is 0 Å². The molecule has 0 bridgehead atoms. The van der Waals surface area contributed by atoms with Gasteiger partial charge in [-0.1, -0.05) is 36.4 Å². The fraction of sp³-hybridized carbons (Fsp3) is 0.348. The van der Waals surface area contributed by atoms with Crippen LogP contribution in [0.3, 0.4) is 0 Å². The van der Waals surface area contributed by atoms with Gasteiger partial charge in [0.25, 0.3) is 5.56 Å². The molecule has 2 aliphatic heterocycles. The van der Waals surface area contributed by atoms with E-state index < -0.39 is 29.7 Å². The van der Waals surface area contributed by atoms with Crippen LogP contribution in [0.5, 0.6) is 0 Å². The summed E-state index contributed by atoms with van der Waals surface area (Å²) in [6, 6.07) is 12.7. The molecule has 2 aliphatic rings. The molecule has 0 aliphatic carbocycles. The first-order valence-corrected chi connectivity index (χ1v) is 11.2. The smallest absolute Gasteiger partial charge is 0.327 e. The Morgan fingerprint density at radius 2 is 1.67 bits per heavy atom. The van der Waals surface area contributed by atoms with Crippen molar-refractivity contribution in [3.8, 4) is 0 Å². The zero-order chi connectivity index (χ0) is 25.8. The molecule has 1 fully saturated rings. The minimum absolute atomic E-state index is 0.0746. The van der Waals surface area contributed by atoms with Crippen LogP contribution >= 0.6 is 0 Å². The molecule has 1 atom stereocenters. The van der Waals surface area contributed by atoms with Crippen LogP contribution in [0.25, 0.3) is 10.8 Å². The standard InChI is InChI=1S/C23H23F3N6O4/c1-28-18-17(19(33)29(2)22(28)35)31(16-9-5-7-14-6-3-4-8-15(14)16)21(30-12-10-27-11-13-30)32(18)36-20(34)23(24,25)26/h3-9,21,27H,10-13H2,1-2H3. The Kier molecular flexibility index (Phi) is 5.75. The molecule has 3 heterocycles. The van der Waals surface area contributed by atoms with E-state index in [0.29, 0.717) is 31.9 Å². The molecule has 0 radical (unpaired) electrons. The van der Waals surface area contributed by atoms with Gasteiger partial charge in [0.1, 0.15) is 0 Å². The molecule has 1 aromatic heterocycles. The molecule has 0 spiro atoms. The van der Waals surface area contributed by atoms with E-state index in [-0.39, 0.29) is 11.5 Å². The van der Waals surface area contributed by atoms with E-state index in [2.05, 4.69) is 5.32 Å². The largest absolute Gasteiger partial charge is 0.493 e. The molecular formula is C23H23F3N6O4. The number of aromatic nitrogens is 2. The highest BCUT2D eigenvalue weighted by Gasteiger charge is 2.51. The van der Waals surface area contributed by atoms with Crippen molar-refractivity contribution >= 4 is 33.9 Å². The van der Waals surface area contributed by atoms with Gasteiger partial charge in [-0.05, 0) is 11.5 Å². The van der Waals surface area contributed by atoms with Gasteiger partial charge in [-0.25, -0.2) is 9.59 Å². The molecule has 0 saturated carbocycles. The average Bonchev–Trinajstić information content (AvgIpc) is 3.20.